The molecule has 0 aromatic heterocycles. The third-order valence-corrected chi connectivity index (χ3v) is 3.67. The quantitative estimate of drug-likeness (QED) is 0.892. The van der Waals surface area contributed by atoms with Crippen LogP contribution in [0.1, 0.15) is 6.42 Å². The molecule has 1 aliphatic rings. The van der Waals surface area contributed by atoms with Crippen LogP contribution in [0.4, 0.5) is 5.69 Å². The third-order valence-electron chi connectivity index (χ3n) is 3.17. The molecule has 1 aromatic carbocycles. The van der Waals surface area contributed by atoms with E-state index in [1.54, 1.807) is 0 Å². The predicted octanol–water partition coefficient (Wildman–Crippen LogP) is 1.68. The fourth-order valence-corrected chi connectivity index (χ4v) is 2.48. The summed E-state index contributed by atoms with van der Waals surface area (Å²) in [6.45, 7) is 2.87. The zero-order chi connectivity index (χ0) is 13.0. The zero-order valence-corrected chi connectivity index (χ0v) is 12.0. The molecule has 1 saturated heterocycles. The van der Waals surface area contributed by atoms with Gasteiger partial charge in [-0.2, -0.15) is 0 Å². The van der Waals surface area contributed by atoms with Crippen LogP contribution in [0.25, 0.3) is 0 Å². The van der Waals surface area contributed by atoms with Crippen molar-refractivity contribution in [2.45, 2.75) is 12.5 Å². The largest absolute Gasteiger partial charge is 0.326 e. The Kier molecular flexibility index (Phi) is 4.74. The van der Waals surface area contributed by atoms with Crippen molar-refractivity contribution in [2.24, 2.45) is 0 Å². The zero-order valence-electron chi connectivity index (χ0n) is 10.4. The number of carbonyl (C=O) groups excluding carboxylic acids is 1. The van der Waals surface area contributed by atoms with Gasteiger partial charge in [-0.15, -0.1) is 0 Å². The van der Waals surface area contributed by atoms with Crippen molar-refractivity contribution < 1.29 is 4.79 Å². The fourth-order valence-electron chi connectivity index (χ4n) is 2.08. The molecule has 1 heterocycles. The standard InChI is InChI=1S/C13H18BrN3O/c1-17-6-5-15-9-12(17)8-13(18)16-11-4-2-3-10(14)7-11/h2-4,7,12,15H,5-6,8-9H2,1H3,(H,16,18). The molecule has 98 valence electrons. The predicted molar refractivity (Wildman–Crippen MR) is 76.7 cm³/mol. The molecule has 0 spiro atoms. The van der Waals surface area contributed by atoms with Crippen LogP contribution in [0.15, 0.2) is 28.7 Å². The Morgan fingerprint density at radius 1 is 1.61 bits per heavy atom. The van der Waals surface area contributed by atoms with E-state index < -0.39 is 0 Å². The maximum absolute atomic E-state index is 12.0. The maximum atomic E-state index is 12.0. The molecule has 1 unspecified atom stereocenters. The van der Waals surface area contributed by atoms with E-state index in [1.807, 2.05) is 24.3 Å². The van der Waals surface area contributed by atoms with Crippen LogP contribution in [-0.4, -0.2) is 43.5 Å². The summed E-state index contributed by atoms with van der Waals surface area (Å²) in [4.78, 5) is 14.2. The van der Waals surface area contributed by atoms with Crippen molar-refractivity contribution in [3.8, 4) is 0 Å². The van der Waals surface area contributed by atoms with E-state index in [9.17, 15) is 4.79 Å². The lowest BCUT2D eigenvalue weighted by Crippen LogP contribution is -2.50. The lowest BCUT2D eigenvalue weighted by atomic mass is 10.1. The van der Waals surface area contributed by atoms with Gasteiger partial charge < -0.3 is 15.5 Å². The molecule has 4 nitrogen and oxygen atoms in total. The van der Waals surface area contributed by atoms with Gasteiger partial charge >= 0.3 is 0 Å². The van der Waals surface area contributed by atoms with E-state index in [4.69, 9.17) is 0 Å². The highest BCUT2D eigenvalue weighted by Gasteiger charge is 2.21. The topological polar surface area (TPSA) is 44.4 Å². The second kappa shape index (κ2) is 6.31. The Balaban J connectivity index is 1.88. The summed E-state index contributed by atoms with van der Waals surface area (Å²) < 4.78 is 0.969. The SMILES string of the molecule is CN1CCNCC1CC(=O)Nc1cccc(Br)c1. The number of amides is 1. The normalized spacial score (nSPS) is 20.7. The van der Waals surface area contributed by atoms with Gasteiger partial charge in [0, 0.05) is 42.3 Å². The number of anilines is 1. The first-order valence-electron chi connectivity index (χ1n) is 6.11. The summed E-state index contributed by atoms with van der Waals surface area (Å²) in [5, 5.41) is 6.24. The Hall–Kier alpha value is -0.910. The van der Waals surface area contributed by atoms with Crippen LogP contribution in [0.2, 0.25) is 0 Å². The molecule has 2 rings (SSSR count). The van der Waals surface area contributed by atoms with Crippen molar-refractivity contribution in [2.75, 3.05) is 32.0 Å². The lowest BCUT2D eigenvalue weighted by Gasteiger charge is -2.32. The summed E-state index contributed by atoms with van der Waals surface area (Å²) in [5.41, 5.74) is 0.834. The summed E-state index contributed by atoms with van der Waals surface area (Å²) >= 11 is 3.39. The summed E-state index contributed by atoms with van der Waals surface area (Å²) in [5.74, 6) is 0.0636. The summed E-state index contributed by atoms with van der Waals surface area (Å²) in [6.07, 6.45) is 0.524. The van der Waals surface area contributed by atoms with Crippen molar-refractivity contribution in [1.29, 1.82) is 0 Å². The number of rotatable bonds is 3. The molecule has 0 radical (unpaired) electrons. The Morgan fingerprint density at radius 3 is 3.17 bits per heavy atom. The van der Waals surface area contributed by atoms with E-state index in [-0.39, 0.29) is 11.9 Å². The molecule has 1 aromatic rings. The molecule has 1 amide bonds. The van der Waals surface area contributed by atoms with Crippen LogP contribution in [0.3, 0.4) is 0 Å². The molecule has 1 aliphatic heterocycles. The summed E-state index contributed by atoms with van der Waals surface area (Å²) in [7, 11) is 2.07. The Bertz CT molecular complexity index is 424. The number of carbonyl (C=O) groups is 1. The monoisotopic (exact) mass is 311 g/mol. The number of nitrogens with one attached hydrogen (secondary N) is 2. The lowest BCUT2D eigenvalue weighted by molar-refractivity contribution is -0.117. The van der Waals surface area contributed by atoms with Crippen LogP contribution in [0, 0.1) is 0 Å². The van der Waals surface area contributed by atoms with E-state index in [0.717, 1.165) is 29.8 Å². The van der Waals surface area contributed by atoms with Gasteiger partial charge in [-0.3, -0.25) is 4.79 Å². The molecular weight excluding hydrogens is 294 g/mol. The van der Waals surface area contributed by atoms with Crippen LogP contribution in [-0.2, 0) is 4.79 Å². The molecule has 18 heavy (non-hydrogen) atoms. The van der Waals surface area contributed by atoms with Crippen molar-refractivity contribution in [3.05, 3.63) is 28.7 Å². The first kappa shape index (κ1) is 13.5. The smallest absolute Gasteiger partial charge is 0.225 e. The maximum Gasteiger partial charge on any atom is 0.225 e. The highest BCUT2D eigenvalue weighted by Crippen LogP contribution is 2.16. The Labute approximate surface area is 116 Å². The van der Waals surface area contributed by atoms with E-state index in [0.29, 0.717) is 6.42 Å². The minimum atomic E-state index is 0.0636. The van der Waals surface area contributed by atoms with Crippen LogP contribution >= 0.6 is 15.9 Å². The number of benzene rings is 1. The minimum absolute atomic E-state index is 0.0636. The van der Waals surface area contributed by atoms with Gasteiger partial charge in [0.2, 0.25) is 5.91 Å². The van der Waals surface area contributed by atoms with Crippen LogP contribution < -0.4 is 10.6 Å². The molecule has 0 bridgehead atoms. The number of halogens is 1. The molecule has 1 fully saturated rings. The van der Waals surface area contributed by atoms with Crippen molar-refractivity contribution in [3.63, 3.8) is 0 Å². The molecule has 5 heteroatoms. The van der Waals surface area contributed by atoms with Gasteiger partial charge in [0.15, 0.2) is 0 Å². The van der Waals surface area contributed by atoms with E-state index in [1.165, 1.54) is 0 Å². The van der Waals surface area contributed by atoms with Gasteiger partial charge in [0.1, 0.15) is 0 Å². The first-order valence-corrected chi connectivity index (χ1v) is 6.91. The number of nitrogens with zero attached hydrogens (tertiary/aromatic N) is 1. The molecule has 2 N–H and O–H groups in total. The van der Waals surface area contributed by atoms with Gasteiger partial charge in [-0.25, -0.2) is 0 Å². The number of hydrogen-bond acceptors (Lipinski definition) is 3. The average Bonchev–Trinajstić information content (AvgIpc) is 2.32. The first-order chi connectivity index (χ1) is 8.65. The minimum Gasteiger partial charge on any atom is -0.326 e. The summed E-state index contributed by atoms with van der Waals surface area (Å²) in [6, 6.07) is 7.93. The highest BCUT2D eigenvalue weighted by molar-refractivity contribution is 9.10. The number of piperazine rings is 1. The van der Waals surface area contributed by atoms with E-state index in [2.05, 4.69) is 38.5 Å². The second-order valence-corrected chi connectivity index (χ2v) is 5.52. The molecular formula is C13H18BrN3O. The number of hydrogen-bond donors (Lipinski definition) is 2. The Morgan fingerprint density at radius 2 is 2.44 bits per heavy atom. The molecule has 0 aliphatic carbocycles. The molecule has 0 saturated carbocycles. The van der Waals surface area contributed by atoms with Gasteiger partial charge in [0.25, 0.3) is 0 Å². The van der Waals surface area contributed by atoms with Gasteiger partial charge in [-0.1, -0.05) is 22.0 Å². The third kappa shape index (κ3) is 3.80. The average molecular weight is 312 g/mol. The van der Waals surface area contributed by atoms with Crippen molar-refractivity contribution >= 4 is 27.5 Å². The van der Waals surface area contributed by atoms with E-state index >= 15 is 0 Å². The second-order valence-electron chi connectivity index (χ2n) is 4.60. The molecule has 1 atom stereocenters. The van der Waals surface area contributed by atoms with Gasteiger partial charge in [0.05, 0.1) is 0 Å². The number of likely N-dealkylation sites (N-methyl/N-ethyl adjacent to an activating group) is 1. The highest BCUT2D eigenvalue weighted by atomic mass is 79.9. The van der Waals surface area contributed by atoms with Crippen molar-refractivity contribution in [1.82, 2.24) is 10.2 Å². The van der Waals surface area contributed by atoms with Gasteiger partial charge in [-0.05, 0) is 25.2 Å². The fraction of sp³-hybridized carbons (Fsp3) is 0.462. The van der Waals surface area contributed by atoms with Crippen LogP contribution in [0.5, 0.6) is 0 Å².